The van der Waals surface area contributed by atoms with Crippen LogP contribution in [0.15, 0.2) is 41.4 Å². The van der Waals surface area contributed by atoms with Crippen LogP contribution >= 0.6 is 24.0 Å². The number of methoxy groups -OCH3 is 3. The Hall–Kier alpha value is -2.80. The molecule has 0 spiro atoms. The largest absolute Gasteiger partial charge is 0.493 e. The number of guanidine groups is 1. The molecule has 0 amide bonds. The third-order valence-electron chi connectivity index (χ3n) is 3.99. The molecule has 0 fully saturated rings. The molecule has 0 radical (unpaired) electrons. The zero-order valence-electron chi connectivity index (χ0n) is 18.5. The molecular formula is C23H30IN3O4. The summed E-state index contributed by atoms with van der Waals surface area (Å²) in [5, 5.41) is 6.34. The molecule has 0 atom stereocenters. The summed E-state index contributed by atoms with van der Waals surface area (Å²) in [5.41, 5.74) is 1.76. The van der Waals surface area contributed by atoms with Crippen molar-refractivity contribution >= 4 is 35.6 Å². The average Bonchev–Trinajstić information content (AvgIpc) is 2.75. The van der Waals surface area contributed by atoms with E-state index in [1.54, 1.807) is 21.3 Å². The van der Waals surface area contributed by atoms with Crippen LogP contribution in [0.3, 0.4) is 0 Å². The van der Waals surface area contributed by atoms with Crippen LogP contribution in [0.4, 0.5) is 5.69 Å². The Morgan fingerprint density at radius 1 is 1.03 bits per heavy atom. The lowest BCUT2D eigenvalue weighted by Gasteiger charge is -2.15. The molecule has 0 aromatic heterocycles. The van der Waals surface area contributed by atoms with E-state index in [0.717, 1.165) is 17.0 Å². The van der Waals surface area contributed by atoms with Crippen molar-refractivity contribution in [2.24, 2.45) is 4.99 Å². The number of nitrogens with one attached hydrogen (secondary N) is 2. The predicted molar refractivity (Wildman–Crippen MR) is 135 cm³/mol. The quantitative estimate of drug-likeness (QED) is 0.214. The summed E-state index contributed by atoms with van der Waals surface area (Å²) in [5.74, 6) is 5.62. The van der Waals surface area contributed by atoms with Crippen molar-refractivity contribution in [3.8, 4) is 35.3 Å². The molecule has 31 heavy (non-hydrogen) atoms. The van der Waals surface area contributed by atoms with Gasteiger partial charge in [0.1, 0.15) is 5.75 Å². The molecule has 0 saturated heterocycles. The van der Waals surface area contributed by atoms with E-state index in [0.29, 0.717) is 36.3 Å². The Labute approximate surface area is 201 Å². The van der Waals surface area contributed by atoms with E-state index < -0.39 is 0 Å². The van der Waals surface area contributed by atoms with Gasteiger partial charge in [0.25, 0.3) is 0 Å². The SMILES string of the molecule is C#CCNC(=NCc1cc(OC)c(OC)c(OC)c1)Nc1ccc(OC(C)C)cc1.I. The molecule has 0 bridgehead atoms. The summed E-state index contributed by atoms with van der Waals surface area (Å²) in [4.78, 5) is 4.62. The summed E-state index contributed by atoms with van der Waals surface area (Å²) < 4.78 is 21.8. The zero-order chi connectivity index (χ0) is 21.9. The number of benzene rings is 2. The lowest BCUT2D eigenvalue weighted by atomic mass is 10.2. The highest BCUT2D eigenvalue weighted by Crippen LogP contribution is 2.38. The lowest BCUT2D eigenvalue weighted by Crippen LogP contribution is -2.31. The number of halogens is 1. The highest BCUT2D eigenvalue weighted by atomic mass is 127. The van der Waals surface area contributed by atoms with E-state index in [2.05, 4.69) is 21.5 Å². The molecule has 2 aromatic carbocycles. The number of nitrogens with zero attached hydrogens (tertiary/aromatic N) is 1. The Morgan fingerprint density at radius 2 is 1.65 bits per heavy atom. The number of rotatable bonds is 9. The lowest BCUT2D eigenvalue weighted by molar-refractivity contribution is 0.242. The maximum absolute atomic E-state index is 5.67. The predicted octanol–water partition coefficient (Wildman–Crippen LogP) is 4.31. The van der Waals surface area contributed by atoms with Crippen LogP contribution in [-0.2, 0) is 6.54 Å². The van der Waals surface area contributed by atoms with Crippen LogP contribution in [0.2, 0.25) is 0 Å². The molecule has 0 aliphatic carbocycles. The van der Waals surface area contributed by atoms with Gasteiger partial charge in [0.05, 0.1) is 40.5 Å². The van der Waals surface area contributed by atoms with Crippen LogP contribution < -0.4 is 29.6 Å². The highest BCUT2D eigenvalue weighted by molar-refractivity contribution is 14.0. The van der Waals surface area contributed by atoms with Crippen molar-refractivity contribution in [3.63, 3.8) is 0 Å². The normalized spacial score (nSPS) is 10.5. The van der Waals surface area contributed by atoms with Crippen LogP contribution in [-0.4, -0.2) is 39.9 Å². The van der Waals surface area contributed by atoms with E-state index in [1.165, 1.54) is 0 Å². The van der Waals surface area contributed by atoms with Gasteiger partial charge in [0.2, 0.25) is 5.75 Å². The third-order valence-corrected chi connectivity index (χ3v) is 3.99. The number of aliphatic imine (C=N–C) groups is 1. The van der Waals surface area contributed by atoms with Crippen LogP contribution in [0, 0.1) is 12.3 Å². The monoisotopic (exact) mass is 539 g/mol. The van der Waals surface area contributed by atoms with Crippen molar-refractivity contribution in [2.75, 3.05) is 33.2 Å². The maximum atomic E-state index is 5.67. The van der Waals surface area contributed by atoms with E-state index in [1.807, 2.05) is 50.2 Å². The van der Waals surface area contributed by atoms with Crippen LogP contribution in [0.1, 0.15) is 19.4 Å². The van der Waals surface area contributed by atoms with Gasteiger partial charge in [-0.1, -0.05) is 5.92 Å². The number of ether oxygens (including phenoxy) is 4. The third kappa shape index (κ3) is 8.09. The first-order valence-corrected chi connectivity index (χ1v) is 9.55. The van der Waals surface area contributed by atoms with Gasteiger partial charge in [0, 0.05) is 5.69 Å². The van der Waals surface area contributed by atoms with Gasteiger partial charge in [-0.05, 0) is 55.8 Å². The van der Waals surface area contributed by atoms with Gasteiger partial charge in [-0.15, -0.1) is 30.4 Å². The molecule has 0 heterocycles. The van der Waals surface area contributed by atoms with Gasteiger partial charge < -0.3 is 29.6 Å². The Morgan fingerprint density at radius 3 is 2.13 bits per heavy atom. The van der Waals surface area contributed by atoms with E-state index in [9.17, 15) is 0 Å². The minimum atomic E-state index is 0. The van der Waals surface area contributed by atoms with Crippen LogP contribution in [0.5, 0.6) is 23.0 Å². The van der Waals surface area contributed by atoms with Crippen LogP contribution in [0.25, 0.3) is 0 Å². The van der Waals surface area contributed by atoms with Gasteiger partial charge in [-0.3, -0.25) is 0 Å². The second-order valence-electron chi connectivity index (χ2n) is 6.57. The number of terminal acetylenes is 1. The fraction of sp³-hybridized carbons (Fsp3) is 0.348. The fourth-order valence-corrected chi connectivity index (χ4v) is 2.70. The minimum absolute atomic E-state index is 0. The number of hydrogen-bond donors (Lipinski definition) is 2. The zero-order valence-corrected chi connectivity index (χ0v) is 20.9. The minimum Gasteiger partial charge on any atom is -0.493 e. The molecule has 168 valence electrons. The first-order chi connectivity index (χ1) is 14.5. The Balaban J connectivity index is 0.00000480. The summed E-state index contributed by atoms with van der Waals surface area (Å²) in [6.45, 7) is 4.70. The summed E-state index contributed by atoms with van der Waals surface area (Å²) in [6.07, 6.45) is 5.51. The second kappa shape index (κ2) is 13.5. The Kier molecular flexibility index (Phi) is 11.4. The van der Waals surface area contributed by atoms with Gasteiger partial charge in [-0.2, -0.15) is 0 Å². The van der Waals surface area contributed by atoms with Gasteiger partial charge >= 0.3 is 0 Å². The summed E-state index contributed by atoms with van der Waals surface area (Å²) in [6, 6.07) is 11.4. The highest BCUT2D eigenvalue weighted by Gasteiger charge is 2.13. The summed E-state index contributed by atoms with van der Waals surface area (Å²) in [7, 11) is 4.73. The smallest absolute Gasteiger partial charge is 0.203 e. The summed E-state index contributed by atoms with van der Waals surface area (Å²) >= 11 is 0. The molecule has 8 heteroatoms. The number of hydrogen-bond acceptors (Lipinski definition) is 5. The fourth-order valence-electron chi connectivity index (χ4n) is 2.70. The van der Waals surface area contributed by atoms with Crippen molar-refractivity contribution in [2.45, 2.75) is 26.5 Å². The Bertz CT molecular complexity index is 868. The van der Waals surface area contributed by atoms with E-state index >= 15 is 0 Å². The van der Waals surface area contributed by atoms with E-state index in [4.69, 9.17) is 25.4 Å². The average molecular weight is 539 g/mol. The second-order valence-corrected chi connectivity index (χ2v) is 6.57. The molecule has 0 aliphatic rings. The molecule has 2 rings (SSSR count). The standard InChI is InChI=1S/C23H29N3O4.HI/c1-7-12-24-23(26-18-8-10-19(11-9-18)30-16(2)3)25-15-17-13-20(27-4)22(29-6)21(14-17)28-5;/h1,8-11,13-14,16H,12,15H2,2-6H3,(H2,24,25,26);1H. The van der Waals surface area contributed by atoms with E-state index in [-0.39, 0.29) is 30.1 Å². The molecule has 7 nitrogen and oxygen atoms in total. The van der Waals surface area contributed by atoms with Gasteiger partial charge in [0.15, 0.2) is 17.5 Å². The molecule has 0 aliphatic heterocycles. The first kappa shape index (κ1) is 26.2. The molecule has 0 saturated carbocycles. The van der Waals surface area contributed by atoms with Crippen molar-refractivity contribution in [1.82, 2.24) is 5.32 Å². The van der Waals surface area contributed by atoms with Gasteiger partial charge in [-0.25, -0.2) is 4.99 Å². The van der Waals surface area contributed by atoms with Crippen molar-refractivity contribution in [3.05, 3.63) is 42.0 Å². The molecular weight excluding hydrogens is 509 g/mol. The molecule has 2 aromatic rings. The maximum Gasteiger partial charge on any atom is 0.203 e. The molecule has 0 unspecified atom stereocenters. The first-order valence-electron chi connectivity index (χ1n) is 9.55. The molecule has 2 N–H and O–H groups in total. The number of anilines is 1. The topological polar surface area (TPSA) is 73.3 Å². The van der Waals surface area contributed by atoms with Crippen molar-refractivity contribution < 1.29 is 18.9 Å². The van der Waals surface area contributed by atoms with Crippen molar-refractivity contribution in [1.29, 1.82) is 0 Å².